The minimum absolute atomic E-state index is 0.0681. The molecule has 0 radical (unpaired) electrons. The van der Waals surface area contributed by atoms with E-state index in [1.54, 1.807) is 0 Å². The topological polar surface area (TPSA) is 29.5 Å². The van der Waals surface area contributed by atoms with Gasteiger partial charge in [-0.3, -0.25) is 4.57 Å². The van der Waals surface area contributed by atoms with Gasteiger partial charge in [-0.25, -0.2) is 4.67 Å². The number of nitrogens with zero attached hydrogens (tertiary/aromatic N) is 1. The zero-order chi connectivity index (χ0) is 13.2. The van der Waals surface area contributed by atoms with Crippen LogP contribution in [0.4, 0.5) is 0 Å². The molecule has 0 saturated carbocycles. The van der Waals surface area contributed by atoms with E-state index in [0.29, 0.717) is 0 Å². The Hall–Kier alpha value is -0.630. The average molecular weight is 267 g/mol. The molecule has 100 valence electrons. The molecule has 0 aromatic heterocycles. The van der Waals surface area contributed by atoms with Gasteiger partial charge in [0.15, 0.2) is 0 Å². The first kappa shape index (κ1) is 13.8. The highest BCUT2D eigenvalue weighted by Crippen LogP contribution is 2.64. The molecule has 2 rings (SSSR count). The van der Waals surface area contributed by atoms with Gasteiger partial charge in [0.1, 0.15) is 0 Å². The van der Waals surface area contributed by atoms with E-state index < -0.39 is 7.52 Å². The van der Waals surface area contributed by atoms with Crippen molar-refractivity contribution in [1.29, 1.82) is 0 Å². The third-order valence-electron chi connectivity index (χ3n) is 3.66. The molecule has 0 aliphatic carbocycles. The molecule has 1 heterocycles. The average Bonchev–Trinajstić information content (AvgIpc) is 2.39. The molecular formula is C14H22NO2P. The van der Waals surface area contributed by atoms with Gasteiger partial charge >= 0.3 is 0 Å². The Kier molecular flexibility index (Phi) is 4.26. The SMILES string of the molecule is CCN1CC[C@H](C)O[P@]1(=O)[C@@H](C)c1ccccc1. The summed E-state index contributed by atoms with van der Waals surface area (Å²) >= 11 is 0. The second-order valence-corrected chi connectivity index (χ2v) is 7.58. The van der Waals surface area contributed by atoms with E-state index in [-0.39, 0.29) is 11.8 Å². The van der Waals surface area contributed by atoms with E-state index in [1.807, 2.05) is 55.8 Å². The standard InChI is InChI=1S/C14H22NO2P/c1-4-15-11-10-12(2)17-18(15,16)13(3)14-8-6-5-7-9-14/h5-9,12-13H,4,10-11H2,1-3H3/t12-,13-,18+/m0/s1. The van der Waals surface area contributed by atoms with E-state index in [4.69, 9.17) is 4.52 Å². The molecule has 1 aliphatic rings. The number of hydrogen-bond donors (Lipinski definition) is 0. The van der Waals surface area contributed by atoms with Gasteiger partial charge in [0.05, 0.1) is 11.8 Å². The summed E-state index contributed by atoms with van der Waals surface area (Å²) in [5, 5.41) is 0. The highest BCUT2D eigenvalue weighted by molar-refractivity contribution is 7.56. The van der Waals surface area contributed by atoms with E-state index in [2.05, 4.69) is 0 Å². The van der Waals surface area contributed by atoms with Gasteiger partial charge in [-0.2, -0.15) is 0 Å². The Morgan fingerprint density at radius 2 is 2.11 bits per heavy atom. The smallest absolute Gasteiger partial charge is 0.279 e. The van der Waals surface area contributed by atoms with Gasteiger partial charge in [0, 0.05) is 13.1 Å². The van der Waals surface area contributed by atoms with Crippen LogP contribution in [0, 0.1) is 0 Å². The third-order valence-corrected chi connectivity index (χ3v) is 6.87. The van der Waals surface area contributed by atoms with Gasteiger partial charge in [0.2, 0.25) is 0 Å². The Morgan fingerprint density at radius 3 is 2.72 bits per heavy atom. The van der Waals surface area contributed by atoms with Crippen molar-refractivity contribution in [3.63, 3.8) is 0 Å². The normalized spacial score (nSPS) is 31.2. The van der Waals surface area contributed by atoms with Crippen LogP contribution in [0.15, 0.2) is 30.3 Å². The molecule has 1 aliphatic heterocycles. The van der Waals surface area contributed by atoms with Crippen molar-refractivity contribution >= 4 is 7.52 Å². The van der Waals surface area contributed by atoms with Crippen molar-refractivity contribution < 1.29 is 9.09 Å². The molecule has 1 saturated heterocycles. The van der Waals surface area contributed by atoms with Crippen LogP contribution in [-0.4, -0.2) is 23.9 Å². The van der Waals surface area contributed by atoms with Crippen molar-refractivity contribution in [2.24, 2.45) is 0 Å². The molecule has 0 amide bonds. The Bertz CT molecular complexity index is 435. The monoisotopic (exact) mass is 267 g/mol. The summed E-state index contributed by atoms with van der Waals surface area (Å²) in [5.41, 5.74) is 1.02. The van der Waals surface area contributed by atoms with Gasteiger partial charge in [-0.05, 0) is 25.8 Å². The predicted molar refractivity (Wildman–Crippen MR) is 74.9 cm³/mol. The molecule has 1 aromatic carbocycles. The molecule has 0 N–H and O–H groups in total. The molecule has 3 nitrogen and oxygen atoms in total. The van der Waals surface area contributed by atoms with Crippen molar-refractivity contribution in [3.05, 3.63) is 35.9 Å². The summed E-state index contributed by atoms with van der Waals surface area (Å²) in [5.74, 6) is 0. The molecule has 0 spiro atoms. The lowest BCUT2D eigenvalue weighted by Gasteiger charge is -2.40. The minimum atomic E-state index is -2.76. The maximum absolute atomic E-state index is 13.2. The van der Waals surface area contributed by atoms with E-state index in [0.717, 1.165) is 25.1 Å². The van der Waals surface area contributed by atoms with Gasteiger partial charge in [-0.1, -0.05) is 37.3 Å². The van der Waals surface area contributed by atoms with Crippen molar-refractivity contribution in [2.45, 2.75) is 39.0 Å². The highest BCUT2D eigenvalue weighted by atomic mass is 31.2. The molecule has 1 fully saturated rings. The maximum atomic E-state index is 13.2. The lowest BCUT2D eigenvalue weighted by atomic mass is 10.2. The van der Waals surface area contributed by atoms with Crippen LogP contribution in [0.3, 0.4) is 0 Å². The second-order valence-electron chi connectivity index (χ2n) is 4.90. The van der Waals surface area contributed by atoms with E-state index in [9.17, 15) is 4.57 Å². The number of hydrogen-bond acceptors (Lipinski definition) is 2. The van der Waals surface area contributed by atoms with Crippen LogP contribution in [0.25, 0.3) is 0 Å². The summed E-state index contributed by atoms with van der Waals surface area (Å²) in [6.07, 6.45) is 1.05. The first-order valence-electron chi connectivity index (χ1n) is 6.66. The Morgan fingerprint density at radius 1 is 1.44 bits per heavy atom. The highest BCUT2D eigenvalue weighted by Gasteiger charge is 2.42. The zero-order valence-corrected chi connectivity index (χ0v) is 12.3. The molecule has 18 heavy (non-hydrogen) atoms. The Balaban J connectivity index is 2.30. The van der Waals surface area contributed by atoms with Crippen molar-refractivity contribution in [1.82, 2.24) is 4.67 Å². The predicted octanol–water partition coefficient (Wildman–Crippen LogP) is 4.07. The first-order valence-corrected chi connectivity index (χ1v) is 8.31. The zero-order valence-electron chi connectivity index (χ0n) is 11.4. The van der Waals surface area contributed by atoms with Gasteiger partial charge in [-0.15, -0.1) is 0 Å². The quantitative estimate of drug-likeness (QED) is 0.773. The van der Waals surface area contributed by atoms with Crippen molar-refractivity contribution in [2.75, 3.05) is 13.1 Å². The molecule has 3 atom stereocenters. The van der Waals surface area contributed by atoms with Gasteiger partial charge < -0.3 is 4.52 Å². The number of benzene rings is 1. The van der Waals surface area contributed by atoms with Crippen LogP contribution in [0.5, 0.6) is 0 Å². The molecular weight excluding hydrogens is 245 g/mol. The van der Waals surface area contributed by atoms with Crippen LogP contribution < -0.4 is 0 Å². The molecule has 0 unspecified atom stereocenters. The fourth-order valence-corrected chi connectivity index (χ4v) is 5.22. The van der Waals surface area contributed by atoms with E-state index >= 15 is 0 Å². The molecule has 1 aromatic rings. The summed E-state index contributed by atoms with van der Waals surface area (Å²) < 4.78 is 21.1. The second kappa shape index (κ2) is 5.56. The maximum Gasteiger partial charge on any atom is 0.279 e. The Labute approximate surface area is 110 Å². The molecule has 0 bridgehead atoms. The summed E-state index contributed by atoms with van der Waals surface area (Å²) in [7, 11) is -2.76. The fraction of sp³-hybridized carbons (Fsp3) is 0.571. The van der Waals surface area contributed by atoms with Crippen molar-refractivity contribution in [3.8, 4) is 0 Å². The van der Waals surface area contributed by atoms with Crippen LogP contribution in [0.1, 0.15) is 38.4 Å². The number of rotatable bonds is 3. The fourth-order valence-electron chi connectivity index (χ4n) is 2.46. The van der Waals surface area contributed by atoms with Crippen LogP contribution in [-0.2, 0) is 9.09 Å². The lowest BCUT2D eigenvalue weighted by Crippen LogP contribution is -2.33. The largest absolute Gasteiger partial charge is 0.314 e. The summed E-state index contributed by atoms with van der Waals surface area (Å²) in [6.45, 7) is 7.71. The van der Waals surface area contributed by atoms with Gasteiger partial charge in [0.25, 0.3) is 7.52 Å². The third kappa shape index (κ3) is 2.54. The van der Waals surface area contributed by atoms with Crippen LogP contribution in [0.2, 0.25) is 0 Å². The summed E-state index contributed by atoms with van der Waals surface area (Å²) in [6, 6.07) is 10.0. The molecule has 4 heteroatoms. The van der Waals surface area contributed by atoms with Crippen LogP contribution >= 0.6 is 7.52 Å². The summed E-state index contributed by atoms with van der Waals surface area (Å²) in [4.78, 5) is 0. The van der Waals surface area contributed by atoms with E-state index in [1.165, 1.54) is 0 Å². The minimum Gasteiger partial charge on any atom is -0.314 e. The first-order chi connectivity index (χ1) is 8.58. The lowest BCUT2D eigenvalue weighted by molar-refractivity contribution is 0.138.